The van der Waals surface area contributed by atoms with E-state index in [0.29, 0.717) is 0 Å². The zero-order chi connectivity index (χ0) is 17.8. The number of carbonyl (C=O) groups is 1. The average Bonchev–Trinajstić information content (AvgIpc) is 2.37. The number of alkyl halides is 3. The number of benzene rings is 1. The number of hydrogen-bond donors (Lipinski definition) is 0. The summed E-state index contributed by atoms with van der Waals surface area (Å²) in [5.41, 5.74) is -2.67. The van der Waals surface area contributed by atoms with E-state index in [1.165, 1.54) is 0 Å². The second-order valence-electron chi connectivity index (χ2n) is 6.01. The highest BCUT2D eigenvalue weighted by Gasteiger charge is 2.37. The predicted molar refractivity (Wildman–Crippen MR) is 74.8 cm³/mol. The molecular weight excluding hydrogens is 314 g/mol. The summed E-state index contributed by atoms with van der Waals surface area (Å²) in [4.78, 5) is 11.6. The monoisotopic (exact) mass is 331 g/mol. The van der Waals surface area contributed by atoms with E-state index in [-0.39, 0.29) is 12.8 Å². The van der Waals surface area contributed by atoms with Crippen LogP contribution in [0.4, 0.5) is 17.6 Å². The van der Waals surface area contributed by atoms with Gasteiger partial charge in [-0.1, -0.05) is 6.07 Å². The van der Waals surface area contributed by atoms with Crippen LogP contribution >= 0.6 is 0 Å². The number of rotatable bonds is 4. The molecule has 7 heteroatoms. The van der Waals surface area contributed by atoms with Gasteiger partial charge in [0.2, 0.25) is 0 Å². The molecular formula is C16H17F4NO2. The zero-order valence-electron chi connectivity index (χ0n) is 13.0. The fraction of sp³-hybridized carbons (Fsp3) is 0.500. The van der Waals surface area contributed by atoms with Gasteiger partial charge < -0.3 is 4.74 Å². The number of halogens is 4. The summed E-state index contributed by atoms with van der Waals surface area (Å²) < 4.78 is 57.8. The summed E-state index contributed by atoms with van der Waals surface area (Å²) in [6.45, 7) is 4.93. The van der Waals surface area contributed by atoms with Crippen LogP contribution in [0.1, 0.15) is 50.7 Å². The third-order valence-electron chi connectivity index (χ3n) is 2.92. The van der Waals surface area contributed by atoms with Gasteiger partial charge in [0.25, 0.3) is 0 Å². The Morgan fingerprint density at radius 2 is 1.91 bits per heavy atom. The van der Waals surface area contributed by atoms with E-state index in [0.717, 1.165) is 18.2 Å². The molecule has 1 unspecified atom stereocenters. The van der Waals surface area contributed by atoms with Crippen LogP contribution < -0.4 is 0 Å². The molecule has 0 spiro atoms. The van der Waals surface area contributed by atoms with E-state index >= 15 is 0 Å². The van der Waals surface area contributed by atoms with E-state index < -0.39 is 40.6 Å². The van der Waals surface area contributed by atoms with Crippen LogP contribution in [0.5, 0.6) is 0 Å². The first-order valence-corrected chi connectivity index (χ1v) is 6.93. The van der Waals surface area contributed by atoms with Gasteiger partial charge in [0.15, 0.2) is 0 Å². The lowest BCUT2D eigenvalue weighted by Gasteiger charge is -2.20. The van der Waals surface area contributed by atoms with Crippen molar-refractivity contribution in [1.29, 1.82) is 5.26 Å². The van der Waals surface area contributed by atoms with Crippen LogP contribution in [0.2, 0.25) is 0 Å². The van der Waals surface area contributed by atoms with Crippen molar-refractivity contribution in [1.82, 2.24) is 0 Å². The smallest absolute Gasteiger partial charge is 0.416 e. The quantitative estimate of drug-likeness (QED) is 0.600. The normalized spacial score (nSPS) is 13.3. The van der Waals surface area contributed by atoms with Crippen LogP contribution in [-0.2, 0) is 15.7 Å². The summed E-state index contributed by atoms with van der Waals surface area (Å²) in [5.74, 6) is -3.15. The molecule has 0 bridgehead atoms. The van der Waals surface area contributed by atoms with Gasteiger partial charge in [0.05, 0.1) is 17.6 Å². The van der Waals surface area contributed by atoms with E-state index in [1.54, 1.807) is 26.8 Å². The number of ether oxygens (including phenoxy) is 1. The van der Waals surface area contributed by atoms with Crippen LogP contribution in [-0.4, -0.2) is 11.6 Å². The molecule has 0 saturated carbocycles. The van der Waals surface area contributed by atoms with Gasteiger partial charge in [0, 0.05) is 12.0 Å². The molecule has 0 heterocycles. The lowest BCUT2D eigenvalue weighted by atomic mass is 9.90. The maximum Gasteiger partial charge on any atom is 0.416 e. The molecule has 0 amide bonds. The molecule has 0 N–H and O–H groups in total. The molecule has 3 nitrogen and oxygen atoms in total. The second-order valence-corrected chi connectivity index (χ2v) is 6.01. The van der Waals surface area contributed by atoms with Crippen LogP contribution in [0.3, 0.4) is 0 Å². The van der Waals surface area contributed by atoms with Crippen molar-refractivity contribution >= 4 is 5.97 Å². The number of nitrogens with zero attached hydrogens (tertiary/aromatic N) is 1. The van der Waals surface area contributed by atoms with E-state index in [4.69, 9.17) is 10.00 Å². The zero-order valence-corrected chi connectivity index (χ0v) is 13.0. The Kier molecular flexibility index (Phi) is 5.75. The highest BCUT2D eigenvalue weighted by atomic mass is 19.4. The minimum atomic E-state index is -4.78. The van der Waals surface area contributed by atoms with Crippen LogP contribution in [0, 0.1) is 17.1 Å². The lowest BCUT2D eigenvalue weighted by Crippen LogP contribution is -2.24. The molecule has 0 radical (unpaired) electrons. The van der Waals surface area contributed by atoms with Gasteiger partial charge >= 0.3 is 12.1 Å². The fourth-order valence-corrected chi connectivity index (χ4v) is 2.07. The minimum Gasteiger partial charge on any atom is -0.460 e. The van der Waals surface area contributed by atoms with Crippen molar-refractivity contribution in [2.45, 2.75) is 51.3 Å². The standard InChI is InChI=1S/C16H17F4NO2/c1-15(2,3)23-13(22)8-7-10(9-21)14-11(16(18,19)20)5-4-6-12(14)17/h4-6,10H,7-8H2,1-3H3. The highest BCUT2D eigenvalue weighted by molar-refractivity contribution is 5.70. The molecule has 1 aromatic rings. The number of carbonyl (C=O) groups excluding carboxylic acids is 1. The van der Waals surface area contributed by atoms with Gasteiger partial charge in [-0.05, 0) is 39.3 Å². The largest absolute Gasteiger partial charge is 0.460 e. The fourth-order valence-electron chi connectivity index (χ4n) is 2.07. The first kappa shape index (κ1) is 18.9. The highest BCUT2D eigenvalue weighted by Crippen LogP contribution is 2.37. The van der Waals surface area contributed by atoms with Crippen molar-refractivity contribution < 1.29 is 27.1 Å². The van der Waals surface area contributed by atoms with Crippen LogP contribution in [0.25, 0.3) is 0 Å². The molecule has 23 heavy (non-hydrogen) atoms. The van der Waals surface area contributed by atoms with Gasteiger partial charge in [-0.15, -0.1) is 0 Å². The van der Waals surface area contributed by atoms with Crippen molar-refractivity contribution in [3.63, 3.8) is 0 Å². The molecule has 1 rings (SSSR count). The molecule has 0 aliphatic carbocycles. The summed E-state index contributed by atoms with van der Waals surface area (Å²) in [6.07, 6.45) is -5.31. The Labute approximate surface area is 131 Å². The van der Waals surface area contributed by atoms with Crippen molar-refractivity contribution in [3.05, 3.63) is 35.1 Å². The summed E-state index contributed by atoms with van der Waals surface area (Å²) in [5, 5.41) is 9.10. The van der Waals surface area contributed by atoms with Crippen molar-refractivity contribution in [3.8, 4) is 6.07 Å². The summed E-state index contributed by atoms with van der Waals surface area (Å²) in [7, 11) is 0. The lowest BCUT2D eigenvalue weighted by molar-refractivity contribution is -0.154. The van der Waals surface area contributed by atoms with Gasteiger partial charge in [-0.3, -0.25) is 4.79 Å². The van der Waals surface area contributed by atoms with E-state index in [1.807, 2.05) is 0 Å². The van der Waals surface area contributed by atoms with Crippen molar-refractivity contribution in [2.24, 2.45) is 0 Å². The number of nitriles is 1. The Morgan fingerprint density at radius 1 is 1.30 bits per heavy atom. The first-order valence-electron chi connectivity index (χ1n) is 6.93. The molecule has 0 aliphatic rings. The minimum absolute atomic E-state index is 0.255. The molecule has 126 valence electrons. The Balaban J connectivity index is 3.00. The van der Waals surface area contributed by atoms with E-state index in [9.17, 15) is 22.4 Å². The SMILES string of the molecule is CC(C)(C)OC(=O)CCC(C#N)c1c(F)cccc1C(F)(F)F. The van der Waals surface area contributed by atoms with E-state index in [2.05, 4.69) is 0 Å². The van der Waals surface area contributed by atoms with Gasteiger partial charge in [-0.2, -0.15) is 18.4 Å². The first-order chi connectivity index (χ1) is 10.5. The third-order valence-corrected chi connectivity index (χ3v) is 2.92. The van der Waals surface area contributed by atoms with Crippen molar-refractivity contribution in [2.75, 3.05) is 0 Å². The molecule has 0 aliphatic heterocycles. The molecule has 0 aromatic heterocycles. The topological polar surface area (TPSA) is 50.1 Å². The maximum atomic E-state index is 13.8. The second kappa shape index (κ2) is 6.99. The Bertz CT molecular complexity index is 612. The van der Waals surface area contributed by atoms with Crippen LogP contribution in [0.15, 0.2) is 18.2 Å². The number of hydrogen-bond acceptors (Lipinski definition) is 3. The third kappa shape index (κ3) is 5.55. The predicted octanol–water partition coefficient (Wildman–Crippen LogP) is 4.57. The molecule has 0 saturated heterocycles. The molecule has 0 fully saturated rings. The summed E-state index contributed by atoms with van der Waals surface area (Å²) in [6, 6.07) is 4.16. The number of esters is 1. The Hall–Kier alpha value is -2.10. The maximum absolute atomic E-state index is 13.8. The Morgan fingerprint density at radius 3 is 2.39 bits per heavy atom. The molecule has 1 atom stereocenters. The summed E-state index contributed by atoms with van der Waals surface area (Å²) >= 11 is 0. The van der Waals surface area contributed by atoms with Gasteiger partial charge in [0.1, 0.15) is 11.4 Å². The van der Waals surface area contributed by atoms with Gasteiger partial charge in [-0.25, -0.2) is 4.39 Å². The average molecular weight is 331 g/mol. The molecule has 1 aromatic carbocycles.